The van der Waals surface area contributed by atoms with Crippen molar-refractivity contribution in [3.63, 3.8) is 0 Å². The Morgan fingerprint density at radius 2 is 2.05 bits per heavy atom. The zero-order chi connectivity index (χ0) is 14.0. The first-order chi connectivity index (χ1) is 9.02. The number of methoxy groups -OCH3 is 1. The van der Waals surface area contributed by atoms with Crippen molar-refractivity contribution in [3.8, 4) is 0 Å². The first-order valence-electron chi connectivity index (χ1n) is 7.18. The molecule has 1 heterocycles. The summed E-state index contributed by atoms with van der Waals surface area (Å²) >= 11 is 5.40. The van der Waals surface area contributed by atoms with Gasteiger partial charge in [0, 0.05) is 18.4 Å². The molecule has 1 N–H and O–H groups in total. The van der Waals surface area contributed by atoms with Gasteiger partial charge in [-0.15, -0.1) is 0 Å². The summed E-state index contributed by atoms with van der Waals surface area (Å²) in [4.78, 5) is 8.08. The number of hydrogen-bond acceptors (Lipinski definition) is 3. The summed E-state index contributed by atoms with van der Waals surface area (Å²) in [6.45, 7) is 6.48. The number of aromatic amines is 1. The number of rotatable bonds is 3. The lowest BCUT2D eigenvalue weighted by Crippen LogP contribution is -2.35. The van der Waals surface area contributed by atoms with E-state index in [-0.39, 0.29) is 5.60 Å². The summed E-state index contributed by atoms with van der Waals surface area (Å²) in [5, 5.41) is 0. The summed E-state index contributed by atoms with van der Waals surface area (Å²) < 4.78 is 6.58. The molecule has 1 saturated carbocycles. The van der Waals surface area contributed by atoms with Gasteiger partial charge in [0.15, 0.2) is 0 Å². The Balaban J connectivity index is 2.44. The van der Waals surface area contributed by atoms with Crippen LogP contribution in [-0.4, -0.2) is 17.1 Å². The van der Waals surface area contributed by atoms with E-state index >= 15 is 0 Å². The van der Waals surface area contributed by atoms with E-state index in [4.69, 9.17) is 17.0 Å². The van der Waals surface area contributed by atoms with Gasteiger partial charge in [0.25, 0.3) is 0 Å². The molecular formula is C15H24N2OS. The van der Waals surface area contributed by atoms with Crippen molar-refractivity contribution in [1.29, 1.82) is 0 Å². The quantitative estimate of drug-likeness (QED) is 0.848. The van der Waals surface area contributed by atoms with Gasteiger partial charge in [-0.25, -0.2) is 4.98 Å². The van der Waals surface area contributed by atoms with E-state index in [9.17, 15) is 0 Å². The maximum Gasteiger partial charge on any atom is 0.140 e. The second-order valence-electron chi connectivity index (χ2n) is 5.73. The van der Waals surface area contributed by atoms with Gasteiger partial charge in [0.05, 0.1) is 0 Å². The first kappa shape index (κ1) is 14.7. The Labute approximate surface area is 120 Å². The third kappa shape index (κ3) is 2.75. The van der Waals surface area contributed by atoms with Crippen LogP contribution in [0.1, 0.15) is 56.6 Å². The van der Waals surface area contributed by atoms with Crippen LogP contribution in [0.15, 0.2) is 0 Å². The van der Waals surface area contributed by atoms with Crippen LogP contribution < -0.4 is 0 Å². The maximum absolute atomic E-state index is 5.87. The van der Waals surface area contributed by atoms with Crippen molar-refractivity contribution in [2.75, 3.05) is 7.11 Å². The summed E-state index contributed by atoms with van der Waals surface area (Å²) in [5.74, 6) is 1.71. The summed E-state index contributed by atoms with van der Waals surface area (Å²) in [6.07, 6.45) is 5.36. The van der Waals surface area contributed by atoms with Gasteiger partial charge in [-0.3, -0.25) is 0 Å². The predicted molar refractivity (Wildman–Crippen MR) is 79.9 cm³/mol. The molecule has 0 aliphatic heterocycles. The smallest absolute Gasteiger partial charge is 0.140 e. The molecule has 0 spiro atoms. The van der Waals surface area contributed by atoms with Crippen LogP contribution in [0.2, 0.25) is 0 Å². The minimum absolute atomic E-state index is 0.266. The van der Waals surface area contributed by atoms with Crippen LogP contribution in [0.5, 0.6) is 0 Å². The fraction of sp³-hybridized carbons (Fsp3) is 0.733. The van der Waals surface area contributed by atoms with Crippen molar-refractivity contribution < 1.29 is 4.74 Å². The van der Waals surface area contributed by atoms with E-state index in [0.29, 0.717) is 4.64 Å². The standard InChI is InChI=1S/C15H24N2OS/c1-5-12-11(3)13(19)17-14(16-12)15(18-4)8-6-10(2)7-9-15/h10H,5-9H2,1-4H3,(H,16,17,19). The highest BCUT2D eigenvalue weighted by molar-refractivity contribution is 7.71. The molecule has 0 amide bonds. The Morgan fingerprint density at radius 3 is 2.58 bits per heavy atom. The topological polar surface area (TPSA) is 37.9 Å². The van der Waals surface area contributed by atoms with E-state index in [1.807, 2.05) is 6.92 Å². The molecule has 0 radical (unpaired) electrons. The number of aromatic nitrogens is 2. The second-order valence-corrected chi connectivity index (χ2v) is 6.12. The molecule has 1 aromatic rings. The first-order valence-corrected chi connectivity index (χ1v) is 7.58. The molecule has 3 nitrogen and oxygen atoms in total. The molecule has 1 aromatic heterocycles. The fourth-order valence-corrected chi connectivity index (χ4v) is 3.13. The third-order valence-corrected chi connectivity index (χ3v) is 4.91. The van der Waals surface area contributed by atoms with Crippen LogP contribution in [0.3, 0.4) is 0 Å². The van der Waals surface area contributed by atoms with E-state index in [0.717, 1.165) is 36.6 Å². The normalized spacial score (nSPS) is 27.5. The van der Waals surface area contributed by atoms with Crippen molar-refractivity contribution >= 4 is 12.2 Å². The van der Waals surface area contributed by atoms with E-state index in [1.54, 1.807) is 7.11 Å². The Kier molecular flexibility index (Phi) is 4.41. The highest BCUT2D eigenvalue weighted by Gasteiger charge is 2.38. The molecular weight excluding hydrogens is 256 g/mol. The zero-order valence-electron chi connectivity index (χ0n) is 12.4. The van der Waals surface area contributed by atoms with Crippen LogP contribution in [0.4, 0.5) is 0 Å². The van der Waals surface area contributed by atoms with Gasteiger partial charge in [0.1, 0.15) is 16.1 Å². The summed E-state index contributed by atoms with van der Waals surface area (Å²) in [7, 11) is 1.79. The van der Waals surface area contributed by atoms with Crippen molar-refractivity contribution in [1.82, 2.24) is 9.97 Å². The average molecular weight is 280 g/mol. The number of nitrogens with zero attached hydrogens (tertiary/aromatic N) is 1. The molecule has 0 bridgehead atoms. The van der Waals surface area contributed by atoms with Gasteiger partial charge in [-0.1, -0.05) is 26.1 Å². The molecule has 0 unspecified atom stereocenters. The lowest BCUT2D eigenvalue weighted by atomic mass is 9.79. The molecule has 19 heavy (non-hydrogen) atoms. The van der Waals surface area contributed by atoms with Gasteiger partial charge < -0.3 is 9.72 Å². The minimum atomic E-state index is -0.266. The van der Waals surface area contributed by atoms with Crippen molar-refractivity contribution in [2.24, 2.45) is 5.92 Å². The average Bonchev–Trinajstić information content (AvgIpc) is 2.43. The molecule has 106 valence electrons. The zero-order valence-corrected chi connectivity index (χ0v) is 13.2. The monoisotopic (exact) mass is 280 g/mol. The Bertz CT molecular complexity index is 501. The summed E-state index contributed by atoms with van der Waals surface area (Å²) in [5.41, 5.74) is 2.01. The molecule has 1 aliphatic carbocycles. The minimum Gasteiger partial charge on any atom is -0.370 e. The highest BCUT2D eigenvalue weighted by Crippen LogP contribution is 2.40. The van der Waals surface area contributed by atoms with Gasteiger partial charge in [-0.05, 0) is 44.9 Å². The van der Waals surface area contributed by atoms with Crippen LogP contribution in [0.25, 0.3) is 0 Å². The summed E-state index contributed by atoms with van der Waals surface area (Å²) in [6, 6.07) is 0. The largest absolute Gasteiger partial charge is 0.370 e. The number of aryl methyl sites for hydroxylation is 1. The van der Waals surface area contributed by atoms with Crippen LogP contribution in [0, 0.1) is 17.5 Å². The lowest BCUT2D eigenvalue weighted by molar-refractivity contribution is -0.0599. The number of hydrogen-bond donors (Lipinski definition) is 1. The molecule has 1 aliphatic rings. The highest BCUT2D eigenvalue weighted by atomic mass is 32.1. The fourth-order valence-electron chi connectivity index (χ4n) is 2.91. The third-order valence-electron chi connectivity index (χ3n) is 4.51. The SMILES string of the molecule is CCc1[nH]c(C2(OC)CCC(C)CC2)nc(=S)c1C. The number of ether oxygens (including phenoxy) is 1. The van der Waals surface area contributed by atoms with E-state index in [2.05, 4.69) is 23.8 Å². The van der Waals surface area contributed by atoms with Crippen LogP contribution in [-0.2, 0) is 16.8 Å². The molecule has 0 saturated heterocycles. The van der Waals surface area contributed by atoms with Gasteiger partial charge in [0.2, 0.25) is 0 Å². The Hall–Kier alpha value is -0.740. The van der Waals surface area contributed by atoms with Gasteiger partial charge >= 0.3 is 0 Å². The maximum atomic E-state index is 5.87. The molecule has 1 fully saturated rings. The number of H-pyrrole nitrogens is 1. The van der Waals surface area contributed by atoms with Crippen LogP contribution >= 0.6 is 12.2 Å². The molecule has 4 heteroatoms. The Morgan fingerprint density at radius 1 is 1.42 bits per heavy atom. The predicted octanol–water partition coefficient (Wildman–Crippen LogP) is 4.06. The second kappa shape index (κ2) is 5.71. The van der Waals surface area contributed by atoms with Gasteiger partial charge in [-0.2, -0.15) is 0 Å². The number of nitrogens with one attached hydrogen (secondary N) is 1. The van der Waals surface area contributed by atoms with E-state index < -0.39 is 0 Å². The van der Waals surface area contributed by atoms with Crippen molar-refractivity contribution in [3.05, 3.63) is 21.7 Å². The molecule has 0 aromatic carbocycles. The van der Waals surface area contributed by atoms with Crippen molar-refractivity contribution in [2.45, 2.75) is 58.5 Å². The molecule has 2 rings (SSSR count). The molecule has 0 atom stereocenters. The lowest BCUT2D eigenvalue weighted by Gasteiger charge is -2.37. The van der Waals surface area contributed by atoms with E-state index in [1.165, 1.54) is 18.5 Å².